The summed E-state index contributed by atoms with van der Waals surface area (Å²) in [7, 11) is -4.05. The number of benzene rings is 1. The third kappa shape index (κ3) is 2.95. The predicted molar refractivity (Wildman–Crippen MR) is 64.7 cm³/mol. The van der Waals surface area contributed by atoms with E-state index in [2.05, 4.69) is 4.74 Å². The van der Waals surface area contributed by atoms with Gasteiger partial charge in [0.15, 0.2) is 15.6 Å². The molecule has 0 aliphatic carbocycles. The maximum absolute atomic E-state index is 12.2. The van der Waals surface area contributed by atoms with Gasteiger partial charge in [-0.15, -0.1) is 0 Å². The highest BCUT2D eigenvalue weighted by Crippen LogP contribution is 2.17. The van der Waals surface area contributed by atoms with Crippen molar-refractivity contribution in [1.29, 1.82) is 0 Å². The van der Waals surface area contributed by atoms with E-state index in [1.54, 1.807) is 13.0 Å². The Hall–Kier alpha value is -1.69. The minimum Gasteiger partial charge on any atom is -0.465 e. The number of ketones is 1. The van der Waals surface area contributed by atoms with E-state index in [4.69, 9.17) is 0 Å². The molecule has 6 heteroatoms. The van der Waals surface area contributed by atoms with Crippen LogP contribution in [0.2, 0.25) is 0 Å². The molecule has 18 heavy (non-hydrogen) atoms. The van der Waals surface area contributed by atoms with Gasteiger partial charge in [-0.2, -0.15) is 0 Å². The summed E-state index contributed by atoms with van der Waals surface area (Å²) in [5, 5.41) is -1.79. The zero-order valence-corrected chi connectivity index (χ0v) is 10.9. The van der Waals surface area contributed by atoms with Gasteiger partial charge in [0.2, 0.25) is 5.25 Å². The first-order valence-electron chi connectivity index (χ1n) is 5.37. The molecule has 0 bridgehead atoms. The van der Waals surface area contributed by atoms with Crippen LogP contribution in [0.15, 0.2) is 35.2 Å². The van der Waals surface area contributed by atoms with Crippen molar-refractivity contribution in [2.45, 2.75) is 24.0 Å². The van der Waals surface area contributed by atoms with E-state index in [0.29, 0.717) is 0 Å². The monoisotopic (exact) mass is 270 g/mol. The van der Waals surface area contributed by atoms with Crippen molar-refractivity contribution >= 4 is 21.6 Å². The first-order valence-corrected chi connectivity index (χ1v) is 6.92. The fourth-order valence-corrected chi connectivity index (χ4v) is 3.04. The zero-order chi connectivity index (χ0) is 13.8. The number of rotatable bonds is 5. The Morgan fingerprint density at radius 2 is 1.78 bits per heavy atom. The summed E-state index contributed by atoms with van der Waals surface area (Å²) < 4.78 is 29.0. The highest BCUT2D eigenvalue weighted by molar-refractivity contribution is 7.93. The van der Waals surface area contributed by atoms with Gasteiger partial charge in [-0.3, -0.25) is 9.59 Å². The Morgan fingerprint density at radius 3 is 2.22 bits per heavy atom. The zero-order valence-electron chi connectivity index (χ0n) is 10.1. The van der Waals surface area contributed by atoms with Crippen LogP contribution >= 0.6 is 0 Å². The number of carbonyl (C=O) groups is 2. The van der Waals surface area contributed by atoms with Crippen LogP contribution in [-0.4, -0.2) is 32.0 Å². The fraction of sp³-hybridized carbons (Fsp3) is 0.333. The van der Waals surface area contributed by atoms with E-state index < -0.39 is 26.8 Å². The summed E-state index contributed by atoms with van der Waals surface area (Å²) in [6, 6.07) is 7.37. The first kappa shape index (κ1) is 14.4. The number of esters is 1. The van der Waals surface area contributed by atoms with Crippen LogP contribution in [-0.2, 0) is 24.2 Å². The molecule has 0 fully saturated rings. The number of ether oxygens (including phenoxy) is 1. The molecule has 0 saturated heterocycles. The van der Waals surface area contributed by atoms with Gasteiger partial charge in [-0.05, 0) is 26.0 Å². The maximum Gasteiger partial charge on any atom is 0.332 e. The Kier molecular flexibility index (Phi) is 4.61. The smallest absolute Gasteiger partial charge is 0.332 e. The molecule has 0 aliphatic rings. The summed E-state index contributed by atoms with van der Waals surface area (Å²) >= 11 is 0. The lowest BCUT2D eigenvalue weighted by molar-refractivity contribution is -0.144. The van der Waals surface area contributed by atoms with Crippen LogP contribution in [0, 0.1) is 0 Å². The number of sulfone groups is 1. The molecule has 1 rings (SSSR count). The van der Waals surface area contributed by atoms with Crippen molar-refractivity contribution in [3.8, 4) is 0 Å². The molecule has 1 aromatic rings. The van der Waals surface area contributed by atoms with Gasteiger partial charge < -0.3 is 4.74 Å². The quantitative estimate of drug-likeness (QED) is 0.588. The van der Waals surface area contributed by atoms with Crippen LogP contribution in [0.25, 0.3) is 0 Å². The van der Waals surface area contributed by atoms with E-state index in [1.807, 2.05) is 0 Å². The van der Waals surface area contributed by atoms with Crippen molar-refractivity contribution in [3.63, 3.8) is 0 Å². The van der Waals surface area contributed by atoms with Crippen LogP contribution in [0.4, 0.5) is 0 Å². The highest BCUT2D eigenvalue weighted by atomic mass is 32.2. The van der Waals surface area contributed by atoms with Crippen LogP contribution in [0.1, 0.15) is 13.8 Å². The van der Waals surface area contributed by atoms with Crippen molar-refractivity contribution in [2.24, 2.45) is 0 Å². The molecular formula is C12H14O5S. The lowest BCUT2D eigenvalue weighted by Crippen LogP contribution is -2.38. The summed E-state index contributed by atoms with van der Waals surface area (Å²) in [4.78, 5) is 22.9. The van der Waals surface area contributed by atoms with Gasteiger partial charge in [-0.1, -0.05) is 18.2 Å². The summed E-state index contributed by atoms with van der Waals surface area (Å²) in [5.41, 5.74) is 0. The number of hydrogen-bond acceptors (Lipinski definition) is 5. The molecule has 0 N–H and O–H groups in total. The number of Topliss-reactive ketones (excluding diaryl/α,β-unsaturated/α-hetero) is 1. The van der Waals surface area contributed by atoms with E-state index in [1.165, 1.54) is 24.3 Å². The number of hydrogen-bond donors (Lipinski definition) is 0. The van der Waals surface area contributed by atoms with Crippen LogP contribution < -0.4 is 0 Å². The van der Waals surface area contributed by atoms with E-state index >= 15 is 0 Å². The Labute approximate surface area is 106 Å². The largest absolute Gasteiger partial charge is 0.465 e. The number of carbonyl (C=O) groups excluding carboxylic acids is 2. The average molecular weight is 270 g/mol. The van der Waals surface area contributed by atoms with Gasteiger partial charge in [0.05, 0.1) is 11.5 Å². The van der Waals surface area contributed by atoms with Gasteiger partial charge in [0.1, 0.15) is 0 Å². The molecule has 0 amide bonds. The lowest BCUT2D eigenvalue weighted by atomic mass is 10.3. The average Bonchev–Trinajstić information content (AvgIpc) is 2.29. The van der Waals surface area contributed by atoms with Gasteiger partial charge >= 0.3 is 5.97 Å². The van der Waals surface area contributed by atoms with Crippen molar-refractivity contribution in [3.05, 3.63) is 30.3 Å². The van der Waals surface area contributed by atoms with Crippen molar-refractivity contribution in [2.75, 3.05) is 6.61 Å². The second-order valence-corrected chi connectivity index (χ2v) is 5.63. The third-order valence-electron chi connectivity index (χ3n) is 2.25. The molecular weight excluding hydrogens is 256 g/mol. The van der Waals surface area contributed by atoms with E-state index in [9.17, 15) is 18.0 Å². The van der Waals surface area contributed by atoms with Crippen LogP contribution in [0.5, 0.6) is 0 Å². The van der Waals surface area contributed by atoms with Gasteiger partial charge in [-0.25, -0.2) is 8.42 Å². The molecule has 5 nitrogen and oxygen atoms in total. The fourth-order valence-electron chi connectivity index (χ4n) is 1.48. The van der Waals surface area contributed by atoms with Gasteiger partial charge in [0, 0.05) is 0 Å². The molecule has 0 heterocycles. The second-order valence-electron chi connectivity index (χ2n) is 3.60. The summed E-state index contributed by atoms with van der Waals surface area (Å²) in [5.74, 6) is -1.79. The van der Waals surface area contributed by atoms with Crippen LogP contribution in [0.3, 0.4) is 0 Å². The van der Waals surface area contributed by atoms with E-state index in [0.717, 1.165) is 6.92 Å². The lowest BCUT2D eigenvalue weighted by Gasteiger charge is -2.13. The molecule has 1 aromatic carbocycles. The van der Waals surface area contributed by atoms with Crippen molar-refractivity contribution in [1.82, 2.24) is 0 Å². The molecule has 0 saturated carbocycles. The Morgan fingerprint density at radius 1 is 1.22 bits per heavy atom. The van der Waals surface area contributed by atoms with Gasteiger partial charge in [0.25, 0.3) is 0 Å². The molecule has 1 atom stereocenters. The normalized spacial score (nSPS) is 12.8. The minimum atomic E-state index is -4.05. The maximum atomic E-state index is 12.2. The molecule has 1 unspecified atom stereocenters. The molecule has 0 aliphatic heterocycles. The topological polar surface area (TPSA) is 77.5 Å². The predicted octanol–water partition coefficient (Wildman–Crippen LogP) is 0.981. The van der Waals surface area contributed by atoms with Crippen molar-refractivity contribution < 1.29 is 22.7 Å². The highest BCUT2D eigenvalue weighted by Gasteiger charge is 2.39. The SMILES string of the molecule is CCOC(=O)C(C(C)=O)S(=O)(=O)c1ccccc1. The second kappa shape index (κ2) is 5.77. The molecule has 98 valence electrons. The third-order valence-corrected chi connectivity index (χ3v) is 4.33. The summed E-state index contributed by atoms with van der Waals surface area (Å²) in [6.45, 7) is 2.62. The molecule has 0 spiro atoms. The minimum absolute atomic E-state index is 0.0208. The molecule has 0 radical (unpaired) electrons. The first-order chi connectivity index (χ1) is 8.41. The standard InChI is InChI=1S/C12H14O5S/c1-3-17-12(14)11(9(2)13)18(15,16)10-7-5-4-6-8-10/h4-8,11H,3H2,1-2H3. The molecule has 0 aromatic heterocycles. The Balaban J connectivity index is 3.22. The Bertz CT molecular complexity index is 533. The van der Waals surface area contributed by atoms with E-state index in [-0.39, 0.29) is 11.5 Å². The summed E-state index contributed by atoms with van der Waals surface area (Å²) in [6.07, 6.45) is 0.